The molecule has 2 fully saturated rings. The molecule has 16 heavy (non-hydrogen) atoms. The summed E-state index contributed by atoms with van der Waals surface area (Å²) in [6, 6.07) is 0.227. The van der Waals surface area contributed by atoms with E-state index in [-0.39, 0.29) is 23.2 Å². The molecule has 0 aromatic rings. The molecular weight excluding hydrogens is 222 g/mol. The van der Waals surface area contributed by atoms with E-state index in [1.54, 1.807) is 0 Å². The SMILES string of the molecule is O=C(N[C@H]1CCCC[C@@H]1Cl)C1CCCCC1. The zero-order valence-electron chi connectivity index (χ0n) is 9.88. The minimum atomic E-state index is 0.154. The van der Waals surface area contributed by atoms with Gasteiger partial charge in [-0.2, -0.15) is 0 Å². The molecule has 2 aliphatic carbocycles. The first-order valence-electron chi connectivity index (χ1n) is 6.72. The van der Waals surface area contributed by atoms with Gasteiger partial charge < -0.3 is 5.32 Å². The minimum Gasteiger partial charge on any atom is -0.352 e. The van der Waals surface area contributed by atoms with Crippen LogP contribution in [0.2, 0.25) is 0 Å². The third kappa shape index (κ3) is 3.13. The first kappa shape index (κ1) is 12.2. The maximum atomic E-state index is 12.0. The fourth-order valence-electron chi connectivity index (χ4n) is 2.91. The van der Waals surface area contributed by atoms with Crippen LogP contribution in [-0.2, 0) is 4.79 Å². The molecule has 1 N–H and O–H groups in total. The Kier molecular flexibility index (Phi) is 4.51. The average molecular weight is 244 g/mol. The number of alkyl halides is 1. The van der Waals surface area contributed by atoms with Crippen LogP contribution in [0.25, 0.3) is 0 Å². The van der Waals surface area contributed by atoms with Gasteiger partial charge in [0.2, 0.25) is 5.91 Å². The van der Waals surface area contributed by atoms with Crippen LogP contribution in [-0.4, -0.2) is 17.3 Å². The van der Waals surface area contributed by atoms with Gasteiger partial charge in [-0.25, -0.2) is 0 Å². The molecule has 92 valence electrons. The lowest BCUT2D eigenvalue weighted by atomic mass is 9.87. The summed E-state index contributed by atoms with van der Waals surface area (Å²) in [5.41, 5.74) is 0. The van der Waals surface area contributed by atoms with Crippen molar-refractivity contribution in [2.24, 2.45) is 5.92 Å². The van der Waals surface area contributed by atoms with Gasteiger partial charge in [0, 0.05) is 12.0 Å². The first-order chi connectivity index (χ1) is 7.77. The maximum absolute atomic E-state index is 12.0. The van der Waals surface area contributed by atoms with E-state index in [9.17, 15) is 4.79 Å². The molecule has 1 amide bonds. The number of amides is 1. The quantitative estimate of drug-likeness (QED) is 0.742. The minimum absolute atomic E-state index is 0.154. The molecule has 0 aromatic heterocycles. The predicted molar refractivity (Wildman–Crippen MR) is 66.6 cm³/mol. The lowest BCUT2D eigenvalue weighted by Gasteiger charge is -2.30. The van der Waals surface area contributed by atoms with Gasteiger partial charge >= 0.3 is 0 Å². The van der Waals surface area contributed by atoms with E-state index in [0.29, 0.717) is 0 Å². The summed E-state index contributed by atoms with van der Waals surface area (Å²) in [5, 5.41) is 3.32. The van der Waals surface area contributed by atoms with E-state index in [2.05, 4.69) is 5.32 Å². The second-order valence-electron chi connectivity index (χ2n) is 5.25. The van der Waals surface area contributed by atoms with Crippen molar-refractivity contribution < 1.29 is 4.79 Å². The third-order valence-corrected chi connectivity index (χ3v) is 4.51. The highest BCUT2D eigenvalue weighted by atomic mass is 35.5. The van der Waals surface area contributed by atoms with Gasteiger partial charge in [-0.3, -0.25) is 4.79 Å². The predicted octanol–water partition coefficient (Wildman–Crippen LogP) is 3.23. The molecule has 2 saturated carbocycles. The molecule has 0 saturated heterocycles. The average Bonchev–Trinajstić information content (AvgIpc) is 2.33. The second-order valence-corrected chi connectivity index (χ2v) is 5.81. The highest BCUT2D eigenvalue weighted by molar-refractivity contribution is 6.21. The smallest absolute Gasteiger partial charge is 0.223 e. The van der Waals surface area contributed by atoms with Crippen LogP contribution >= 0.6 is 11.6 Å². The van der Waals surface area contributed by atoms with Gasteiger partial charge in [0.15, 0.2) is 0 Å². The summed E-state index contributed by atoms with van der Waals surface area (Å²) >= 11 is 6.25. The molecule has 2 aliphatic rings. The topological polar surface area (TPSA) is 29.1 Å². The molecule has 0 heterocycles. The summed E-state index contributed by atoms with van der Waals surface area (Å²) in [6.07, 6.45) is 10.4. The summed E-state index contributed by atoms with van der Waals surface area (Å²) < 4.78 is 0. The van der Waals surface area contributed by atoms with Crippen LogP contribution in [0, 0.1) is 5.92 Å². The van der Waals surface area contributed by atoms with Crippen LogP contribution < -0.4 is 5.32 Å². The fourth-order valence-corrected chi connectivity index (χ4v) is 3.26. The van der Waals surface area contributed by atoms with Crippen LogP contribution in [0.4, 0.5) is 0 Å². The van der Waals surface area contributed by atoms with Gasteiger partial charge in [-0.05, 0) is 25.7 Å². The molecule has 0 radical (unpaired) electrons. The molecule has 2 atom stereocenters. The van der Waals surface area contributed by atoms with Gasteiger partial charge in [-0.15, -0.1) is 11.6 Å². The molecule has 0 spiro atoms. The van der Waals surface area contributed by atoms with Crippen molar-refractivity contribution in [1.29, 1.82) is 0 Å². The second kappa shape index (κ2) is 5.90. The standard InChI is InChI=1S/C13H22ClNO/c14-11-8-4-5-9-12(11)15-13(16)10-6-2-1-3-7-10/h10-12H,1-9H2,(H,15,16)/t11-,12-/m0/s1. The van der Waals surface area contributed by atoms with Crippen molar-refractivity contribution >= 4 is 17.5 Å². The van der Waals surface area contributed by atoms with Crippen molar-refractivity contribution in [3.8, 4) is 0 Å². The van der Waals surface area contributed by atoms with Gasteiger partial charge in [-0.1, -0.05) is 32.1 Å². The largest absolute Gasteiger partial charge is 0.352 e. The lowest BCUT2D eigenvalue weighted by Crippen LogP contribution is -2.45. The number of hydrogen-bond donors (Lipinski definition) is 1. The summed E-state index contributed by atoms with van der Waals surface area (Å²) in [4.78, 5) is 12.0. The molecule has 3 heteroatoms. The molecule has 2 nitrogen and oxygen atoms in total. The Morgan fingerprint density at radius 3 is 2.25 bits per heavy atom. The monoisotopic (exact) mass is 243 g/mol. The zero-order valence-corrected chi connectivity index (χ0v) is 10.6. The molecule has 2 rings (SSSR count). The van der Waals surface area contributed by atoms with Crippen molar-refractivity contribution in [2.45, 2.75) is 69.2 Å². The number of rotatable bonds is 2. The highest BCUT2D eigenvalue weighted by Gasteiger charge is 2.28. The van der Waals surface area contributed by atoms with Crippen molar-refractivity contribution in [3.05, 3.63) is 0 Å². The van der Waals surface area contributed by atoms with E-state index in [1.807, 2.05) is 0 Å². The highest BCUT2D eigenvalue weighted by Crippen LogP contribution is 2.26. The fraction of sp³-hybridized carbons (Fsp3) is 0.923. The van der Waals surface area contributed by atoms with Gasteiger partial charge in [0.05, 0.1) is 5.38 Å². The lowest BCUT2D eigenvalue weighted by molar-refractivity contribution is -0.126. The van der Waals surface area contributed by atoms with Crippen molar-refractivity contribution in [1.82, 2.24) is 5.32 Å². The maximum Gasteiger partial charge on any atom is 0.223 e. The Bertz CT molecular complexity index is 238. The van der Waals surface area contributed by atoms with E-state index < -0.39 is 0 Å². The number of nitrogens with one attached hydrogen (secondary N) is 1. The summed E-state index contributed by atoms with van der Waals surface area (Å²) in [5.74, 6) is 0.525. The van der Waals surface area contributed by atoms with Crippen molar-refractivity contribution in [3.63, 3.8) is 0 Å². The molecule has 0 bridgehead atoms. The van der Waals surface area contributed by atoms with Crippen LogP contribution in [0.3, 0.4) is 0 Å². The number of carbonyl (C=O) groups excluding carboxylic acids is 1. The molecule has 0 aliphatic heterocycles. The first-order valence-corrected chi connectivity index (χ1v) is 7.15. The molecular formula is C13H22ClNO. The van der Waals surface area contributed by atoms with Gasteiger partial charge in [0.25, 0.3) is 0 Å². The summed E-state index contributed by atoms with van der Waals surface area (Å²) in [6.45, 7) is 0. The van der Waals surface area contributed by atoms with E-state index in [4.69, 9.17) is 11.6 Å². The van der Waals surface area contributed by atoms with Crippen molar-refractivity contribution in [2.75, 3.05) is 0 Å². The zero-order chi connectivity index (χ0) is 11.4. The van der Waals surface area contributed by atoms with Crippen LogP contribution in [0.5, 0.6) is 0 Å². The van der Waals surface area contributed by atoms with Crippen LogP contribution in [0.1, 0.15) is 57.8 Å². The molecule has 0 aromatic carbocycles. The van der Waals surface area contributed by atoms with E-state index in [0.717, 1.165) is 25.7 Å². The summed E-state index contributed by atoms with van der Waals surface area (Å²) in [7, 11) is 0. The third-order valence-electron chi connectivity index (χ3n) is 3.99. The van der Waals surface area contributed by atoms with Crippen LogP contribution in [0.15, 0.2) is 0 Å². The number of carbonyl (C=O) groups is 1. The Morgan fingerprint density at radius 2 is 1.56 bits per heavy atom. The van der Waals surface area contributed by atoms with E-state index in [1.165, 1.54) is 32.1 Å². The Labute approximate surface area is 103 Å². The Hall–Kier alpha value is -0.240. The Morgan fingerprint density at radius 1 is 0.938 bits per heavy atom. The number of halogens is 1. The van der Waals surface area contributed by atoms with Gasteiger partial charge in [0.1, 0.15) is 0 Å². The molecule has 0 unspecified atom stereocenters. The Balaban J connectivity index is 1.80. The van der Waals surface area contributed by atoms with E-state index >= 15 is 0 Å². The number of hydrogen-bond acceptors (Lipinski definition) is 1. The normalized spacial score (nSPS) is 32.3.